The molecule has 0 atom stereocenters. The van der Waals surface area contributed by atoms with Crippen LogP contribution < -0.4 is 10.2 Å². The van der Waals surface area contributed by atoms with Gasteiger partial charge < -0.3 is 10.2 Å². The van der Waals surface area contributed by atoms with Crippen molar-refractivity contribution in [3.8, 4) is 5.75 Å². The van der Waals surface area contributed by atoms with Crippen molar-refractivity contribution in [2.24, 2.45) is 5.10 Å². The second kappa shape index (κ2) is 9.02. The molecule has 0 aliphatic rings. The monoisotopic (exact) mass is 368 g/mol. The topological polar surface area (TPSA) is 33.6 Å². The van der Waals surface area contributed by atoms with Crippen molar-refractivity contribution in [3.05, 3.63) is 100 Å². The summed E-state index contributed by atoms with van der Waals surface area (Å²) >= 11 is 6.12. The highest BCUT2D eigenvalue weighted by Crippen LogP contribution is 2.18. The molecule has 0 bridgehead atoms. The number of hydrogen-bond donors (Lipinski definition) is 1. The second-order valence-electron chi connectivity index (χ2n) is 5.64. The van der Waals surface area contributed by atoms with Gasteiger partial charge in [-0.2, -0.15) is 5.10 Å². The summed E-state index contributed by atoms with van der Waals surface area (Å²) in [6.07, 6.45) is 1.71. The Morgan fingerprint density at radius 3 is 2.50 bits per heavy atom. The Kier molecular flexibility index (Phi) is 6.23. The van der Waals surface area contributed by atoms with Crippen LogP contribution in [0.15, 0.2) is 77.9 Å². The molecule has 3 aromatic carbocycles. The lowest BCUT2D eigenvalue weighted by atomic mass is 10.2. The van der Waals surface area contributed by atoms with Gasteiger partial charge in [0.25, 0.3) is 0 Å². The van der Waals surface area contributed by atoms with E-state index in [2.05, 4.69) is 10.5 Å². The number of para-hydroxylation sites is 1. The summed E-state index contributed by atoms with van der Waals surface area (Å²) in [4.78, 5) is 0. The number of halogens is 2. The molecule has 0 fully saturated rings. The summed E-state index contributed by atoms with van der Waals surface area (Å²) in [5, 5.41) is 4.95. The molecular weight excluding hydrogens is 351 g/mol. The maximum absolute atomic E-state index is 13.0. The Labute approximate surface area is 157 Å². The number of rotatable bonds is 7. The number of hydrazone groups is 1. The highest BCUT2D eigenvalue weighted by Gasteiger charge is 2.02. The van der Waals surface area contributed by atoms with Crippen molar-refractivity contribution in [1.29, 1.82) is 0 Å². The van der Waals surface area contributed by atoms with Gasteiger partial charge in [-0.15, -0.1) is 0 Å². The summed E-state index contributed by atoms with van der Waals surface area (Å²) in [7, 11) is 0. The minimum atomic E-state index is -0.258. The minimum absolute atomic E-state index is 0.258. The highest BCUT2D eigenvalue weighted by atomic mass is 35.5. The van der Waals surface area contributed by atoms with E-state index in [1.807, 2.05) is 48.5 Å². The summed E-state index contributed by atoms with van der Waals surface area (Å²) in [6.45, 7) is 0.896. The predicted octanol–water partition coefficient (Wildman–Crippen LogP) is 5.18. The average molecular weight is 369 g/mol. The number of nitrogens with zero attached hydrogens (tertiary/aromatic N) is 1. The van der Waals surface area contributed by atoms with Crippen LogP contribution in [-0.4, -0.2) is 6.21 Å². The van der Waals surface area contributed by atoms with Gasteiger partial charge in [0.2, 0.25) is 0 Å². The third kappa shape index (κ3) is 5.07. The lowest BCUT2D eigenvalue weighted by Crippen LogP contribution is -2.06. The fraction of sp³-hybridized carbons (Fsp3) is 0.0952. The molecule has 0 amide bonds. The number of ether oxygens (including phenoxy) is 1. The standard InChI is InChI=1S/C21H18ClFN2O/c22-20-7-3-1-5-17(20)13-24-25-14-18-6-2-4-8-21(18)26-15-16-9-11-19(23)12-10-16/h1-12,14,24H,13,15H2/b25-14-. The quantitative estimate of drug-likeness (QED) is 0.460. The van der Waals surface area contributed by atoms with E-state index in [1.165, 1.54) is 12.1 Å². The molecule has 0 saturated carbocycles. The Morgan fingerprint density at radius 1 is 0.962 bits per heavy atom. The predicted molar refractivity (Wildman–Crippen MR) is 103 cm³/mol. The first-order chi connectivity index (χ1) is 12.7. The third-order valence-corrected chi connectivity index (χ3v) is 4.12. The Hall–Kier alpha value is -2.85. The number of nitrogens with one attached hydrogen (secondary N) is 1. The van der Waals surface area contributed by atoms with Gasteiger partial charge in [-0.3, -0.25) is 0 Å². The smallest absolute Gasteiger partial charge is 0.128 e. The van der Waals surface area contributed by atoms with Crippen LogP contribution in [0.1, 0.15) is 16.7 Å². The van der Waals surface area contributed by atoms with Crippen LogP contribution in [0.2, 0.25) is 5.02 Å². The first kappa shape index (κ1) is 18.0. The number of benzene rings is 3. The van der Waals surface area contributed by atoms with Crippen molar-refractivity contribution in [2.45, 2.75) is 13.2 Å². The highest BCUT2D eigenvalue weighted by molar-refractivity contribution is 6.31. The van der Waals surface area contributed by atoms with Gasteiger partial charge in [0, 0.05) is 10.6 Å². The Morgan fingerprint density at radius 2 is 1.69 bits per heavy atom. The first-order valence-electron chi connectivity index (χ1n) is 8.18. The zero-order valence-corrected chi connectivity index (χ0v) is 14.8. The lowest BCUT2D eigenvalue weighted by molar-refractivity contribution is 0.305. The van der Waals surface area contributed by atoms with Crippen LogP contribution in [0.3, 0.4) is 0 Å². The molecule has 0 saturated heterocycles. The van der Waals surface area contributed by atoms with Crippen molar-refractivity contribution < 1.29 is 9.13 Å². The molecule has 0 aliphatic carbocycles. The minimum Gasteiger partial charge on any atom is -0.488 e. The van der Waals surface area contributed by atoms with Crippen LogP contribution in [0.4, 0.5) is 4.39 Å². The fourth-order valence-electron chi connectivity index (χ4n) is 2.35. The molecule has 26 heavy (non-hydrogen) atoms. The molecule has 0 unspecified atom stereocenters. The van der Waals surface area contributed by atoms with Gasteiger partial charge >= 0.3 is 0 Å². The van der Waals surface area contributed by atoms with E-state index in [9.17, 15) is 4.39 Å². The summed E-state index contributed by atoms with van der Waals surface area (Å²) in [5.74, 6) is 0.450. The molecule has 0 aliphatic heterocycles. The fourth-order valence-corrected chi connectivity index (χ4v) is 2.55. The number of hydrogen-bond acceptors (Lipinski definition) is 3. The van der Waals surface area contributed by atoms with Crippen LogP contribution in [0.25, 0.3) is 0 Å². The molecule has 0 spiro atoms. The molecule has 5 heteroatoms. The van der Waals surface area contributed by atoms with Crippen LogP contribution in [0.5, 0.6) is 5.75 Å². The van der Waals surface area contributed by atoms with Crippen LogP contribution >= 0.6 is 11.6 Å². The Balaban J connectivity index is 1.59. The van der Waals surface area contributed by atoms with Crippen molar-refractivity contribution in [1.82, 2.24) is 5.43 Å². The average Bonchev–Trinajstić information content (AvgIpc) is 2.67. The van der Waals surface area contributed by atoms with E-state index in [1.54, 1.807) is 18.3 Å². The molecule has 3 aromatic rings. The van der Waals surface area contributed by atoms with Crippen molar-refractivity contribution in [2.75, 3.05) is 0 Å². The van der Waals surface area contributed by atoms with Crippen LogP contribution in [0, 0.1) is 5.82 Å². The maximum atomic E-state index is 13.0. The molecule has 0 radical (unpaired) electrons. The molecule has 3 rings (SSSR count). The molecular formula is C21H18ClFN2O. The van der Waals surface area contributed by atoms with Gasteiger partial charge in [0.15, 0.2) is 0 Å². The normalized spacial score (nSPS) is 10.8. The zero-order valence-electron chi connectivity index (χ0n) is 14.0. The molecule has 0 aromatic heterocycles. The van der Waals surface area contributed by atoms with E-state index in [-0.39, 0.29) is 5.82 Å². The van der Waals surface area contributed by atoms with E-state index in [0.717, 1.165) is 16.7 Å². The molecule has 3 nitrogen and oxygen atoms in total. The van der Waals surface area contributed by atoms with E-state index in [0.29, 0.717) is 23.9 Å². The van der Waals surface area contributed by atoms with Gasteiger partial charge in [-0.25, -0.2) is 4.39 Å². The molecule has 0 heterocycles. The lowest BCUT2D eigenvalue weighted by Gasteiger charge is -2.09. The summed E-state index contributed by atoms with van der Waals surface area (Å²) in [6, 6.07) is 21.5. The molecule has 1 N–H and O–H groups in total. The maximum Gasteiger partial charge on any atom is 0.128 e. The van der Waals surface area contributed by atoms with E-state index >= 15 is 0 Å². The van der Waals surface area contributed by atoms with Gasteiger partial charge in [0.05, 0.1) is 12.8 Å². The Bertz CT molecular complexity index is 881. The van der Waals surface area contributed by atoms with Crippen molar-refractivity contribution in [3.63, 3.8) is 0 Å². The second-order valence-corrected chi connectivity index (χ2v) is 6.04. The van der Waals surface area contributed by atoms with Gasteiger partial charge in [0.1, 0.15) is 18.2 Å². The SMILES string of the molecule is Fc1ccc(COc2ccccc2/C=N\NCc2ccccc2Cl)cc1. The summed E-state index contributed by atoms with van der Waals surface area (Å²) in [5.41, 5.74) is 5.71. The van der Waals surface area contributed by atoms with Crippen LogP contribution in [-0.2, 0) is 13.2 Å². The first-order valence-corrected chi connectivity index (χ1v) is 8.56. The molecule has 132 valence electrons. The zero-order chi connectivity index (χ0) is 18.2. The third-order valence-electron chi connectivity index (χ3n) is 3.75. The van der Waals surface area contributed by atoms with Gasteiger partial charge in [-0.05, 0) is 41.5 Å². The van der Waals surface area contributed by atoms with E-state index < -0.39 is 0 Å². The summed E-state index contributed by atoms with van der Waals surface area (Å²) < 4.78 is 18.8. The van der Waals surface area contributed by atoms with Crippen molar-refractivity contribution >= 4 is 17.8 Å². The van der Waals surface area contributed by atoms with E-state index in [4.69, 9.17) is 16.3 Å². The van der Waals surface area contributed by atoms with Gasteiger partial charge in [-0.1, -0.05) is 54.1 Å². The largest absolute Gasteiger partial charge is 0.488 e.